The Morgan fingerprint density at radius 2 is 2.41 bits per heavy atom. The summed E-state index contributed by atoms with van der Waals surface area (Å²) in [5.74, 6) is 0. The lowest BCUT2D eigenvalue weighted by Crippen LogP contribution is -2.47. The van der Waals surface area contributed by atoms with Gasteiger partial charge in [-0.1, -0.05) is 42.0 Å². The number of thiocarbonyl (C=S) groups is 1. The fourth-order valence-corrected chi connectivity index (χ4v) is 2.23. The van der Waals surface area contributed by atoms with E-state index < -0.39 is 0 Å². The van der Waals surface area contributed by atoms with Gasteiger partial charge in [0.2, 0.25) is 0 Å². The largest absolute Gasteiger partial charge is 0.391 e. The van der Waals surface area contributed by atoms with Gasteiger partial charge in [-0.15, -0.1) is 0 Å². The molecule has 1 aliphatic heterocycles. The van der Waals surface area contributed by atoms with Crippen LogP contribution in [0.5, 0.6) is 0 Å². The third-order valence-electron chi connectivity index (χ3n) is 2.96. The van der Waals surface area contributed by atoms with Crippen molar-refractivity contribution in [1.82, 2.24) is 4.90 Å². The Balaban J connectivity index is 1.97. The van der Waals surface area contributed by atoms with Crippen molar-refractivity contribution in [3.05, 3.63) is 35.4 Å². The van der Waals surface area contributed by atoms with Crippen molar-refractivity contribution in [3.8, 4) is 0 Å². The second kappa shape index (κ2) is 5.58. The van der Waals surface area contributed by atoms with Gasteiger partial charge in [-0.3, -0.25) is 4.90 Å². The van der Waals surface area contributed by atoms with Gasteiger partial charge in [-0.2, -0.15) is 0 Å². The van der Waals surface area contributed by atoms with Crippen LogP contribution in [0.4, 0.5) is 0 Å². The summed E-state index contributed by atoms with van der Waals surface area (Å²) in [6, 6.07) is 8.57. The first-order valence-corrected chi connectivity index (χ1v) is 6.25. The molecule has 2 N–H and O–H groups in total. The maximum absolute atomic E-state index is 5.63. The van der Waals surface area contributed by atoms with Crippen LogP contribution in [0.25, 0.3) is 0 Å². The lowest BCUT2D eigenvalue weighted by atomic mass is 10.1. The first-order valence-electron chi connectivity index (χ1n) is 5.84. The van der Waals surface area contributed by atoms with E-state index in [1.54, 1.807) is 0 Å². The maximum atomic E-state index is 5.63. The summed E-state index contributed by atoms with van der Waals surface area (Å²) in [6.07, 6.45) is -0.0939. The van der Waals surface area contributed by atoms with Crippen LogP contribution in [-0.2, 0) is 11.3 Å². The Labute approximate surface area is 108 Å². The molecule has 1 atom stereocenters. The van der Waals surface area contributed by atoms with Crippen molar-refractivity contribution in [2.75, 3.05) is 19.7 Å². The molecule has 0 aliphatic carbocycles. The third kappa shape index (κ3) is 3.49. The molecule has 92 valence electrons. The van der Waals surface area contributed by atoms with Crippen LogP contribution in [0.1, 0.15) is 11.1 Å². The first-order chi connectivity index (χ1) is 8.15. The molecule has 0 aromatic heterocycles. The molecule has 0 radical (unpaired) electrons. The molecular weight excluding hydrogens is 232 g/mol. The summed E-state index contributed by atoms with van der Waals surface area (Å²) in [5.41, 5.74) is 8.25. The molecule has 1 unspecified atom stereocenters. The normalized spacial score (nSPS) is 21.4. The number of hydrogen-bond acceptors (Lipinski definition) is 3. The van der Waals surface area contributed by atoms with Crippen LogP contribution in [0.2, 0.25) is 0 Å². The third-order valence-corrected chi connectivity index (χ3v) is 3.22. The fourth-order valence-electron chi connectivity index (χ4n) is 2.09. The van der Waals surface area contributed by atoms with Crippen LogP contribution in [-0.4, -0.2) is 35.7 Å². The van der Waals surface area contributed by atoms with E-state index in [9.17, 15) is 0 Å². The molecule has 1 heterocycles. The fraction of sp³-hybridized carbons (Fsp3) is 0.462. The summed E-state index contributed by atoms with van der Waals surface area (Å²) < 4.78 is 5.52. The van der Waals surface area contributed by atoms with Crippen molar-refractivity contribution < 1.29 is 4.74 Å². The number of benzene rings is 1. The van der Waals surface area contributed by atoms with E-state index in [1.165, 1.54) is 11.1 Å². The lowest BCUT2D eigenvalue weighted by molar-refractivity contribution is 0.00390. The zero-order chi connectivity index (χ0) is 12.3. The molecule has 1 aromatic rings. The van der Waals surface area contributed by atoms with E-state index in [0.29, 0.717) is 11.6 Å². The predicted molar refractivity (Wildman–Crippen MR) is 73.0 cm³/mol. The molecule has 0 bridgehead atoms. The molecule has 0 spiro atoms. The second-order valence-electron chi connectivity index (χ2n) is 4.49. The van der Waals surface area contributed by atoms with Crippen molar-refractivity contribution in [2.45, 2.75) is 19.6 Å². The van der Waals surface area contributed by atoms with Crippen molar-refractivity contribution >= 4 is 17.2 Å². The number of nitrogens with zero attached hydrogens (tertiary/aromatic N) is 1. The summed E-state index contributed by atoms with van der Waals surface area (Å²) in [7, 11) is 0. The summed E-state index contributed by atoms with van der Waals surface area (Å²) >= 11 is 4.98. The van der Waals surface area contributed by atoms with Gasteiger partial charge in [0.1, 0.15) is 11.1 Å². The summed E-state index contributed by atoms with van der Waals surface area (Å²) in [5, 5.41) is 0. The highest BCUT2D eigenvalue weighted by Crippen LogP contribution is 2.12. The molecular formula is C13H18N2OS. The van der Waals surface area contributed by atoms with Gasteiger partial charge in [-0.25, -0.2) is 0 Å². The first kappa shape index (κ1) is 12.5. The highest BCUT2D eigenvalue weighted by atomic mass is 32.1. The van der Waals surface area contributed by atoms with Crippen molar-refractivity contribution in [1.29, 1.82) is 0 Å². The van der Waals surface area contributed by atoms with E-state index in [4.69, 9.17) is 22.7 Å². The Morgan fingerprint density at radius 1 is 1.59 bits per heavy atom. The molecule has 2 rings (SSSR count). The zero-order valence-electron chi connectivity index (χ0n) is 10.1. The van der Waals surface area contributed by atoms with Gasteiger partial charge < -0.3 is 10.5 Å². The smallest absolute Gasteiger partial charge is 0.120 e. The van der Waals surface area contributed by atoms with Crippen molar-refractivity contribution in [3.63, 3.8) is 0 Å². The predicted octanol–water partition coefficient (Wildman–Crippen LogP) is 1.48. The van der Waals surface area contributed by atoms with Crippen LogP contribution < -0.4 is 5.73 Å². The van der Waals surface area contributed by atoms with E-state index >= 15 is 0 Å². The van der Waals surface area contributed by atoms with Crippen molar-refractivity contribution in [2.24, 2.45) is 5.73 Å². The summed E-state index contributed by atoms with van der Waals surface area (Å²) in [6.45, 7) is 5.48. The maximum Gasteiger partial charge on any atom is 0.120 e. The Kier molecular flexibility index (Phi) is 4.10. The van der Waals surface area contributed by atoms with Gasteiger partial charge in [0.25, 0.3) is 0 Å². The monoisotopic (exact) mass is 250 g/mol. The van der Waals surface area contributed by atoms with E-state index in [-0.39, 0.29) is 6.10 Å². The van der Waals surface area contributed by atoms with Gasteiger partial charge in [0, 0.05) is 19.6 Å². The molecule has 4 heteroatoms. The molecule has 1 saturated heterocycles. The number of ether oxygens (including phenoxy) is 1. The number of hydrogen-bond donors (Lipinski definition) is 1. The van der Waals surface area contributed by atoms with E-state index in [2.05, 4.69) is 36.1 Å². The molecule has 0 amide bonds. The number of morpholine rings is 1. The molecule has 3 nitrogen and oxygen atoms in total. The minimum Gasteiger partial charge on any atom is -0.391 e. The average Bonchev–Trinajstić information content (AvgIpc) is 2.29. The van der Waals surface area contributed by atoms with Gasteiger partial charge in [0.15, 0.2) is 0 Å². The SMILES string of the molecule is Cc1cccc(CN2CCOC(C(N)=S)C2)c1. The van der Waals surface area contributed by atoms with Gasteiger partial charge >= 0.3 is 0 Å². The Bertz CT molecular complexity index is 408. The molecule has 1 aromatic carbocycles. The van der Waals surface area contributed by atoms with E-state index in [0.717, 1.165) is 19.6 Å². The molecule has 0 saturated carbocycles. The summed E-state index contributed by atoms with van der Waals surface area (Å²) in [4.78, 5) is 2.79. The van der Waals surface area contributed by atoms with Gasteiger partial charge in [-0.05, 0) is 12.5 Å². The van der Waals surface area contributed by atoms with Crippen LogP contribution in [0.15, 0.2) is 24.3 Å². The second-order valence-corrected chi connectivity index (χ2v) is 4.96. The quantitative estimate of drug-likeness (QED) is 0.825. The highest BCUT2D eigenvalue weighted by molar-refractivity contribution is 7.80. The van der Waals surface area contributed by atoms with Crippen LogP contribution >= 0.6 is 12.2 Å². The Hall–Kier alpha value is -0.970. The van der Waals surface area contributed by atoms with Crippen LogP contribution in [0.3, 0.4) is 0 Å². The molecule has 1 fully saturated rings. The minimum absolute atomic E-state index is 0.0939. The number of nitrogens with two attached hydrogens (primary N) is 1. The average molecular weight is 250 g/mol. The number of aryl methyl sites for hydroxylation is 1. The molecule has 17 heavy (non-hydrogen) atoms. The minimum atomic E-state index is -0.0939. The standard InChI is InChI=1S/C13H18N2OS/c1-10-3-2-4-11(7-10)8-15-5-6-16-12(9-15)13(14)17/h2-4,7,12H,5-6,8-9H2,1H3,(H2,14,17). The topological polar surface area (TPSA) is 38.5 Å². The Morgan fingerprint density at radius 3 is 3.12 bits per heavy atom. The number of rotatable bonds is 3. The van der Waals surface area contributed by atoms with E-state index in [1.807, 2.05) is 0 Å². The lowest BCUT2D eigenvalue weighted by Gasteiger charge is -2.32. The highest BCUT2D eigenvalue weighted by Gasteiger charge is 2.22. The van der Waals surface area contributed by atoms with Crippen LogP contribution in [0, 0.1) is 6.92 Å². The molecule has 1 aliphatic rings. The van der Waals surface area contributed by atoms with Gasteiger partial charge in [0.05, 0.1) is 6.61 Å². The zero-order valence-corrected chi connectivity index (χ0v) is 10.9.